The van der Waals surface area contributed by atoms with Crippen LogP contribution in [0.2, 0.25) is 0 Å². The van der Waals surface area contributed by atoms with E-state index in [1.54, 1.807) is 0 Å². The van der Waals surface area contributed by atoms with Crippen molar-refractivity contribution >= 4 is 11.6 Å². The number of hydrogen-bond donors (Lipinski definition) is 0. The van der Waals surface area contributed by atoms with E-state index >= 15 is 0 Å². The smallest absolute Gasteiger partial charge is 0.0184 e. The van der Waals surface area contributed by atoms with Crippen molar-refractivity contribution in [2.24, 2.45) is 0 Å². The topological polar surface area (TPSA) is 0 Å². The molecule has 0 saturated heterocycles. The van der Waals surface area contributed by atoms with Gasteiger partial charge in [-0.15, -0.1) is 6.42 Å². The molecule has 0 heterocycles. The molecule has 0 atom stereocenters. The third kappa shape index (κ3) is 4.97. The van der Waals surface area contributed by atoms with E-state index in [9.17, 15) is 0 Å². The van der Waals surface area contributed by atoms with E-state index in [0.717, 1.165) is 0 Å². The molecule has 0 radical (unpaired) electrons. The Morgan fingerprint density at radius 2 is 1.86 bits per heavy atom. The molecule has 1 heteroatoms. The van der Waals surface area contributed by atoms with Crippen LogP contribution in [0.25, 0.3) is 0 Å². The van der Waals surface area contributed by atoms with Crippen LogP contribution in [0.1, 0.15) is 0 Å². The molecule has 0 amide bonds. The molecule has 0 aromatic heterocycles. The zero-order valence-electron chi connectivity index (χ0n) is 3.46. The van der Waals surface area contributed by atoms with Gasteiger partial charge < -0.3 is 0 Å². The predicted octanol–water partition coefficient (Wildman–Crippen LogP) is 0.823. The molecule has 32 valence electrons. The number of terminal acetylenes is 1. The molecule has 0 aliphatic heterocycles. The first-order valence-electron chi connectivity index (χ1n) is 1.48. The second-order valence-corrected chi connectivity index (χ2v) is 0.803. The van der Waals surface area contributed by atoms with Gasteiger partial charge in [-0.1, -0.05) is 0 Å². The summed E-state index contributed by atoms with van der Waals surface area (Å²) < 4.78 is 0. The van der Waals surface area contributed by atoms with E-state index in [0.29, 0.717) is 0 Å². The van der Waals surface area contributed by atoms with Crippen LogP contribution in [0.4, 0.5) is 0 Å². The second kappa shape index (κ2) is 4.97. The highest BCUT2D eigenvalue weighted by molar-refractivity contribution is 6.30. The van der Waals surface area contributed by atoms with Gasteiger partial charge in [-0.25, -0.2) is 0 Å². The molecule has 0 spiro atoms. The van der Waals surface area contributed by atoms with Crippen molar-refractivity contribution in [2.75, 3.05) is 0 Å². The summed E-state index contributed by atoms with van der Waals surface area (Å²) in [5.41, 5.74) is 0. The average molecular weight is 109 g/mol. The summed E-state index contributed by atoms with van der Waals surface area (Å²) in [5, 5.41) is 2.06. The Kier molecular flexibility index (Phi) is 4.24. The molecule has 0 aliphatic rings. The standard InChI is InChI=1S/C6HCl/c1-2-3-4-5-6-7/h1H. The summed E-state index contributed by atoms with van der Waals surface area (Å²) in [4.78, 5) is 0. The second-order valence-electron chi connectivity index (χ2n) is 0.614. The lowest BCUT2D eigenvalue weighted by Crippen LogP contribution is -1.44. The molecule has 0 rings (SSSR count). The first kappa shape index (κ1) is 5.97. The highest BCUT2D eigenvalue weighted by Crippen LogP contribution is 1.58. The number of halogens is 1. The zero-order valence-corrected chi connectivity index (χ0v) is 4.21. The maximum Gasteiger partial charge on any atom is 0.0184 e. The Morgan fingerprint density at radius 1 is 1.14 bits per heavy atom. The minimum atomic E-state index is 2.06. The van der Waals surface area contributed by atoms with Gasteiger partial charge in [-0.05, 0) is 23.4 Å². The quantitative estimate of drug-likeness (QED) is 0.403. The van der Waals surface area contributed by atoms with Crippen LogP contribution >= 0.6 is 11.6 Å². The third-order valence-electron chi connectivity index (χ3n) is 0.244. The first-order valence-corrected chi connectivity index (χ1v) is 1.86. The molecule has 0 aliphatic carbocycles. The van der Waals surface area contributed by atoms with Crippen molar-refractivity contribution in [3.05, 3.63) is 0 Å². The molecule has 0 fully saturated rings. The molecular formula is C6HCl. The summed E-state index contributed by atoms with van der Waals surface area (Å²) in [6.07, 6.45) is 4.73. The van der Waals surface area contributed by atoms with Crippen molar-refractivity contribution in [1.82, 2.24) is 0 Å². The van der Waals surface area contributed by atoms with Crippen LogP contribution in [-0.2, 0) is 0 Å². The molecule has 0 aromatic carbocycles. The SMILES string of the molecule is C#CC#CC#CCl. The fourth-order valence-corrected chi connectivity index (χ4v) is 0.138. The largest absolute Gasteiger partial charge is 0.106 e. The molecule has 0 unspecified atom stereocenters. The molecular weight excluding hydrogens is 108 g/mol. The predicted molar refractivity (Wildman–Crippen MR) is 30.2 cm³/mol. The molecule has 0 nitrogen and oxygen atoms in total. The van der Waals surface area contributed by atoms with Gasteiger partial charge in [0.25, 0.3) is 0 Å². The summed E-state index contributed by atoms with van der Waals surface area (Å²) in [7, 11) is 0. The Balaban J connectivity index is 3.68. The van der Waals surface area contributed by atoms with Crippen LogP contribution in [0, 0.1) is 35.5 Å². The fraction of sp³-hybridized carbons (Fsp3) is 0. The van der Waals surface area contributed by atoms with Crippen molar-refractivity contribution < 1.29 is 0 Å². The van der Waals surface area contributed by atoms with Crippen molar-refractivity contribution in [3.63, 3.8) is 0 Å². The van der Waals surface area contributed by atoms with E-state index in [-0.39, 0.29) is 0 Å². The Morgan fingerprint density at radius 3 is 2.29 bits per heavy atom. The van der Waals surface area contributed by atoms with Gasteiger partial charge in [-0.3, -0.25) is 0 Å². The lowest BCUT2D eigenvalue weighted by Gasteiger charge is -1.47. The maximum atomic E-state index is 4.91. The normalized spacial score (nSPS) is 3.43. The zero-order chi connectivity index (χ0) is 5.54. The van der Waals surface area contributed by atoms with Gasteiger partial charge in [-0.2, -0.15) is 0 Å². The van der Waals surface area contributed by atoms with Gasteiger partial charge >= 0.3 is 0 Å². The van der Waals surface area contributed by atoms with Crippen molar-refractivity contribution in [3.8, 4) is 35.5 Å². The minimum absolute atomic E-state index is 2.06. The minimum Gasteiger partial charge on any atom is -0.106 e. The number of rotatable bonds is 0. The lowest BCUT2D eigenvalue weighted by molar-refractivity contribution is 2.46. The van der Waals surface area contributed by atoms with Crippen LogP contribution in [0.15, 0.2) is 0 Å². The van der Waals surface area contributed by atoms with Crippen LogP contribution < -0.4 is 0 Å². The van der Waals surface area contributed by atoms with E-state index in [1.165, 1.54) is 0 Å². The Bertz CT molecular complexity index is 186. The fourth-order valence-electron chi connectivity index (χ4n) is 0.0910. The van der Waals surface area contributed by atoms with Crippen LogP contribution in [-0.4, -0.2) is 0 Å². The van der Waals surface area contributed by atoms with Crippen molar-refractivity contribution in [1.29, 1.82) is 0 Å². The van der Waals surface area contributed by atoms with E-state index in [2.05, 4.69) is 29.1 Å². The summed E-state index contributed by atoms with van der Waals surface area (Å²) in [6.45, 7) is 0. The molecule has 0 saturated carbocycles. The van der Waals surface area contributed by atoms with Gasteiger partial charge in [0, 0.05) is 17.2 Å². The average Bonchev–Trinajstić information content (AvgIpc) is 1.69. The van der Waals surface area contributed by atoms with Gasteiger partial charge in [0.1, 0.15) is 0 Å². The molecule has 0 N–H and O–H groups in total. The maximum absolute atomic E-state index is 4.91. The molecule has 7 heavy (non-hydrogen) atoms. The first-order chi connectivity index (χ1) is 3.41. The summed E-state index contributed by atoms with van der Waals surface area (Å²) >= 11 is 4.91. The van der Waals surface area contributed by atoms with E-state index in [4.69, 9.17) is 18.0 Å². The van der Waals surface area contributed by atoms with Gasteiger partial charge in [0.05, 0.1) is 0 Å². The summed E-state index contributed by atoms with van der Waals surface area (Å²) in [5.74, 6) is 8.92. The Hall–Kier alpha value is -1.03. The monoisotopic (exact) mass is 108 g/mol. The highest BCUT2D eigenvalue weighted by atomic mass is 35.5. The van der Waals surface area contributed by atoms with Crippen LogP contribution in [0.5, 0.6) is 0 Å². The Labute approximate surface area is 47.9 Å². The molecule has 0 bridgehead atoms. The third-order valence-corrected chi connectivity index (χ3v) is 0.339. The highest BCUT2D eigenvalue weighted by Gasteiger charge is 1.47. The van der Waals surface area contributed by atoms with Gasteiger partial charge in [0.15, 0.2) is 0 Å². The molecule has 0 aromatic rings. The van der Waals surface area contributed by atoms with Gasteiger partial charge in [0.2, 0.25) is 0 Å². The van der Waals surface area contributed by atoms with E-state index in [1.807, 2.05) is 0 Å². The summed E-state index contributed by atoms with van der Waals surface area (Å²) in [6, 6.07) is 0. The van der Waals surface area contributed by atoms with Crippen molar-refractivity contribution in [2.45, 2.75) is 0 Å². The number of hydrogen-bond acceptors (Lipinski definition) is 0. The van der Waals surface area contributed by atoms with Crippen LogP contribution in [0.3, 0.4) is 0 Å². The lowest BCUT2D eigenvalue weighted by atomic mass is 10.6. The van der Waals surface area contributed by atoms with E-state index < -0.39 is 0 Å².